The normalized spacial score (nSPS) is 14.8. The van der Waals surface area contributed by atoms with Crippen molar-refractivity contribution in [3.05, 3.63) is 114 Å². The molecule has 1 aliphatic rings. The summed E-state index contributed by atoms with van der Waals surface area (Å²) < 4.78 is 2.36. The average molecular weight is 379 g/mol. The fourth-order valence-electron chi connectivity index (χ4n) is 4.36. The topological polar surface area (TPSA) is 8.17 Å². The van der Waals surface area contributed by atoms with Crippen molar-refractivity contribution in [1.82, 2.24) is 9.47 Å². The van der Waals surface area contributed by atoms with E-state index in [-0.39, 0.29) is 0 Å². The Balaban J connectivity index is 1.37. The van der Waals surface area contributed by atoms with Crippen molar-refractivity contribution < 1.29 is 0 Å². The first-order valence-electron chi connectivity index (χ1n) is 10.4. The van der Waals surface area contributed by atoms with Crippen LogP contribution in [0.4, 0.5) is 0 Å². The molecular weight excluding hydrogens is 352 g/mol. The molecule has 3 aromatic carbocycles. The van der Waals surface area contributed by atoms with E-state index >= 15 is 0 Å². The molecule has 1 aliphatic heterocycles. The van der Waals surface area contributed by atoms with E-state index in [1.807, 2.05) is 0 Å². The van der Waals surface area contributed by atoms with Crippen LogP contribution >= 0.6 is 0 Å². The zero-order valence-electron chi connectivity index (χ0n) is 16.7. The lowest BCUT2D eigenvalue weighted by molar-refractivity contribution is 0.294. The Morgan fingerprint density at radius 1 is 0.690 bits per heavy atom. The van der Waals surface area contributed by atoms with Crippen molar-refractivity contribution in [2.24, 2.45) is 0 Å². The molecule has 2 heterocycles. The summed E-state index contributed by atoms with van der Waals surface area (Å²) >= 11 is 0. The molecule has 0 N–H and O–H groups in total. The van der Waals surface area contributed by atoms with E-state index in [4.69, 9.17) is 0 Å². The SMILES string of the molecule is C1=C(c2cccc3c2ccn3Cc2ccccc2)CCN(Cc2ccccc2)C1. The lowest BCUT2D eigenvalue weighted by Crippen LogP contribution is -2.28. The van der Waals surface area contributed by atoms with Crippen molar-refractivity contribution >= 4 is 16.5 Å². The van der Waals surface area contributed by atoms with Crippen LogP contribution in [0.1, 0.15) is 23.1 Å². The fraction of sp³-hybridized carbons (Fsp3) is 0.185. The number of hydrogen-bond acceptors (Lipinski definition) is 1. The maximum atomic E-state index is 2.53. The molecule has 1 aromatic heterocycles. The van der Waals surface area contributed by atoms with Crippen LogP contribution in [-0.2, 0) is 13.1 Å². The van der Waals surface area contributed by atoms with Crippen LogP contribution in [0.25, 0.3) is 16.5 Å². The van der Waals surface area contributed by atoms with Gasteiger partial charge in [-0.1, -0.05) is 78.9 Å². The van der Waals surface area contributed by atoms with Crippen LogP contribution in [0.2, 0.25) is 0 Å². The summed E-state index contributed by atoms with van der Waals surface area (Å²) in [6.45, 7) is 4.08. The van der Waals surface area contributed by atoms with Gasteiger partial charge in [0.15, 0.2) is 0 Å². The van der Waals surface area contributed by atoms with Gasteiger partial charge in [0.25, 0.3) is 0 Å². The standard InChI is InChI=1S/C27H26N2/c1-3-8-22(9-4-1)20-28-17-14-24(15-18-28)25-12-7-13-27-26(25)16-19-29(27)21-23-10-5-2-6-11-23/h1-14,16,19H,15,17-18,20-21H2. The third kappa shape index (κ3) is 3.90. The molecule has 0 saturated carbocycles. The first kappa shape index (κ1) is 18.0. The van der Waals surface area contributed by atoms with Gasteiger partial charge in [-0.15, -0.1) is 0 Å². The van der Waals surface area contributed by atoms with E-state index in [1.54, 1.807) is 0 Å². The number of hydrogen-bond donors (Lipinski definition) is 0. The molecular formula is C27H26N2. The summed E-state index contributed by atoms with van der Waals surface area (Å²) in [4.78, 5) is 2.53. The van der Waals surface area contributed by atoms with E-state index in [0.717, 1.165) is 32.6 Å². The van der Waals surface area contributed by atoms with Gasteiger partial charge in [-0.25, -0.2) is 0 Å². The number of rotatable bonds is 5. The Bertz CT molecular complexity index is 1120. The zero-order chi connectivity index (χ0) is 19.5. The summed E-state index contributed by atoms with van der Waals surface area (Å²) in [5, 5.41) is 1.37. The molecule has 0 aliphatic carbocycles. The Labute approximate surface area is 172 Å². The second kappa shape index (κ2) is 8.10. The molecule has 0 fully saturated rings. The highest BCUT2D eigenvalue weighted by Crippen LogP contribution is 2.30. The Hall–Kier alpha value is -3.10. The molecule has 0 bridgehead atoms. The third-order valence-electron chi connectivity index (χ3n) is 5.90. The van der Waals surface area contributed by atoms with Gasteiger partial charge in [0.2, 0.25) is 0 Å². The van der Waals surface area contributed by atoms with Crippen molar-refractivity contribution in [2.45, 2.75) is 19.5 Å². The van der Waals surface area contributed by atoms with Gasteiger partial charge in [0, 0.05) is 43.3 Å². The Morgan fingerprint density at radius 2 is 1.41 bits per heavy atom. The average Bonchev–Trinajstić information content (AvgIpc) is 3.19. The van der Waals surface area contributed by atoms with E-state index in [2.05, 4.69) is 107 Å². The number of nitrogens with zero attached hydrogens (tertiary/aromatic N) is 2. The third-order valence-corrected chi connectivity index (χ3v) is 5.90. The van der Waals surface area contributed by atoms with Crippen molar-refractivity contribution in [2.75, 3.05) is 13.1 Å². The van der Waals surface area contributed by atoms with E-state index in [9.17, 15) is 0 Å². The van der Waals surface area contributed by atoms with Crippen LogP contribution in [-0.4, -0.2) is 22.6 Å². The molecule has 5 rings (SSSR count). The second-order valence-corrected chi connectivity index (χ2v) is 7.87. The molecule has 2 heteroatoms. The molecule has 0 amide bonds. The summed E-state index contributed by atoms with van der Waals surface area (Å²) in [5.41, 5.74) is 6.93. The maximum Gasteiger partial charge on any atom is 0.0489 e. The molecule has 0 unspecified atom stereocenters. The lowest BCUT2D eigenvalue weighted by atomic mass is 9.96. The van der Waals surface area contributed by atoms with Gasteiger partial charge in [-0.3, -0.25) is 4.90 Å². The van der Waals surface area contributed by atoms with Gasteiger partial charge in [-0.05, 0) is 40.8 Å². The molecule has 0 spiro atoms. The quantitative estimate of drug-likeness (QED) is 0.415. The lowest BCUT2D eigenvalue weighted by Gasteiger charge is -2.26. The molecule has 2 nitrogen and oxygen atoms in total. The van der Waals surface area contributed by atoms with Crippen LogP contribution in [0, 0.1) is 0 Å². The maximum absolute atomic E-state index is 2.53. The van der Waals surface area contributed by atoms with E-state index in [1.165, 1.54) is 33.2 Å². The Morgan fingerprint density at radius 3 is 2.10 bits per heavy atom. The van der Waals surface area contributed by atoms with Gasteiger partial charge < -0.3 is 4.57 Å². The van der Waals surface area contributed by atoms with Gasteiger partial charge in [0.1, 0.15) is 0 Å². The van der Waals surface area contributed by atoms with Crippen LogP contribution in [0.5, 0.6) is 0 Å². The minimum absolute atomic E-state index is 0.914. The first-order chi connectivity index (χ1) is 14.4. The second-order valence-electron chi connectivity index (χ2n) is 7.87. The summed E-state index contributed by atoms with van der Waals surface area (Å²) in [6, 6.07) is 30.5. The van der Waals surface area contributed by atoms with E-state index in [0.29, 0.717) is 0 Å². The first-order valence-corrected chi connectivity index (χ1v) is 10.4. The van der Waals surface area contributed by atoms with Crippen molar-refractivity contribution in [3.63, 3.8) is 0 Å². The number of benzene rings is 3. The smallest absolute Gasteiger partial charge is 0.0489 e. The molecule has 0 atom stereocenters. The highest BCUT2D eigenvalue weighted by Gasteiger charge is 2.16. The highest BCUT2D eigenvalue weighted by molar-refractivity contribution is 5.93. The van der Waals surface area contributed by atoms with Crippen molar-refractivity contribution in [1.29, 1.82) is 0 Å². The minimum Gasteiger partial charge on any atom is -0.343 e. The van der Waals surface area contributed by atoms with E-state index < -0.39 is 0 Å². The fourth-order valence-corrected chi connectivity index (χ4v) is 4.36. The summed E-state index contributed by atoms with van der Waals surface area (Å²) in [6.07, 6.45) is 5.76. The van der Waals surface area contributed by atoms with Gasteiger partial charge in [-0.2, -0.15) is 0 Å². The number of fused-ring (bicyclic) bond motifs is 1. The van der Waals surface area contributed by atoms with Gasteiger partial charge in [0.05, 0.1) is 0 Å². The minimum atomic E-state index is 0.914. The van der Waals surface area contributed by atoms with Crippen molar-refractivity contribution in [3.8, 4) is 0 Å². The van der Waals surface area contributed by atoms with Gasteiger partial charge >= 0.3 is 0 Å². The highest BCUT2D eigenvalue weighted by atomic mass is 15.1. The molecule has 29 heavy (non-hydrogen) atoms. The predicted octanol–water partition coefficient (Wildman–Crippen LogP) is 5.98. The molecule has 144 valence electrons. The monoisotopic (exact) mass is 378 g/mol. The van der Waals surface area contributed by atoms with Crippen LogP contribution in [0.3, 0.4) is 0 Å². The van der Waals surface area contributed by atoms with Crippen LogP contribution < -0.4 is 0 Å². The molecule has 0 radical (unpaired) electrons. The predicted molar refractivity (Wildman–Crippen MR) is 122 cm³/mol. The van der Waals surface area contributed by atoms with Crippen LogP contribution in [0.15, 0.2) is 97.2 Å². The number of aromatic nitrogens is 1. The summed E-state index contributed by atoms with van der Waals surface area (Å²) in [7, 11) is 0. The zero-order valence-corrected chi connectivity index (χ0v) is 16.7. The summed E-state index contributed by atoms with van der Waals surface area (Å²) in [5.74, 6) is 0. The molecule has 0 saturated heterocycles. The largest absolute Gasteiger partial charge is 0.343 e. The molecule has 4 aromatic rings. The Kier molecular flexibility index (Phi) is 5.02.